The van der Waals surface area contributed by atoms with E-state index in [0.717, 1.165) is 42.9 Å². The highest BCUT2D eigenvalue weighted by Crippen LogP contribution is 2.63. The zero-order chi connectivity index (χ0) is 24.1. The lowest BCUT2D eigenvalue weighted by Crippen LogP contribution is -2.49. The first-order valence-electron chi connectivity index (χ1n) is 13.5. The minimum Gasteiger partial charge on any atom is -0.468 e. The average molecular weight is 459 g/mol. The predicted molar refractivity (Wildman–Crippen MR) is 130 cm³/mol. The highest BCUT2D eigenvalue weighted by Gasteiger charge is 2.55. The number of hydrogen-bond donors (Lipinski definition) is 1. The Morgan fingerprint density at radius 2 is 1.76 bits per heavy atom. The molecule has 4 rings (SSSR count). The number of Topliss-reactive ketones (excluding diaryl/α,β-unsaturated/α-hetero) is 1. The minimum atomic E-state index is -0.616. The van der Waals surface area contributed by atoms with Crippen LogP contribution in [0.15, 0.2) is 11.6 Å². The molecule has 4 heteroatoms. The van der Waals surface area contributed by atoms with Gasteiger partial charge in [0, 0.05) is 5.92 Å². The van der Waals surface area contributed by atoms with Gasteiger partial charge in [0.25, 0.3) is 0 Å². The van der Waals surface area contributed by atoms with Crippen LogP contribution in [0.1, 0.15) is 92.4 Å². The van der Waals surface area contributed by atoms with E-state index < -0.39 is 11.5 Å². The van der Waals surface area contributed by atoms with Gasteiger partial charge in [-0.15, -0.1) is 0 Å². The molecule has 4 aliphatic rings. The first-order valence-corrected chi connectivity index (χ1v) is 13.5. The highest BCUT2D eigenvalue weighted by atomic mass is 16.5. The molecule has 4 nitrogen and oxygen atoms in total. The number of esters is 1. The normalized spacial score (nSPS) is 41.9. The van der Waals surface area contributed by atoms with Crippen molar-refractivity contribution >= 4 is 11.8 Å². The van der Waals surface area contributed by atoms with E-state index in [9.17, 15) is 14.7 Å². The zero-order valence-corrected chi connectivity index (χ0v) is 21.7. The van der Waals surface area contributed by atoms with E-state index in [1.54, 1.807) is 0 Å². The molecule has 186 valence electrons. The number of hydrogen-bond acceptors (Lipinski definition) is 4. The summed E-state index contributed by atoms with van der Waals surface area (Å²) < 4.78 is 5.02. The van der Waals surface area contributed by atoms with Crippen molar-refractivity contribution in [2.45, 2.75) is 98.0 Å². The first kappa shape index (κ1) is 24.9. The molecule has 0 aromatic carbocycles. The lowest BCUT2D eigenvalue weighted by molar-refractivity contribution is -0.151. The third-order valence-electron chi connectivity index (χ3n) is 10.5. The number of aliphatic hydroxyl groups is 1. The monoisotopic (exact) mass is 458 g/mol. The van der Waals surface area contributed by atoms with Crippen LogP contribution in [-0.2, 0) is 14.3 Å². The van der Waals surface area contributed by atoms with Crippen LogP contribution in [0.4, 0.5) is 0 Å². The molecule has 3 saturated carbocycles. The average Bonchev–Trinajstić information content (AvgIpc) is 3.21. The second-order valence-electron chi connectivity index (χ2n) is 12.8. The third kappa shape index (κ3) is 4.46. The summed E-state index contributed by atoms with van der Waals surface area (Å²) in [5.41, 5.74) is 1.25. The van der Waals surface area contributed by atoms with E-state index in [4.69, 9.17) is 4.74 Å². The van der Waals surface area contributed by atoms with E-state index in [0.29, 0.717) is 18.3 Å². The molecule has 33 heavy (non-hydrogen) atoms. The predicted octanol–water partition coefficient (Wildman–Crippen LogP) is 5.97. The topological polar surface area (TPSA) is 63.6 Å². The Labute approximate surface area is 200 Å². The summed E-state index contributed by atoms with van der Waals surface area (Å²) in [7, 11) is 1.40. The number of methoxy groups -OCH3 is 1. The summed E-state index contributed by atoms with van der Waals surface area (Å²) in [5, 5.41) is 10.7. The summed E-state index contributed by atoms with van der Waals surface area (Å²) in [6.45, 7) is 10.5. The molecular weight excluding hydrogens is 412 g/mol. The number of carbonyl (C=O) groups excluding carboxylic acids is 2. The van der Waals surface area contributed by atoms with E-state index in [-0.39, 0.29) is 23.1 Å². The molecule has 0 spiro atoms. The van der Waals surface area contributed by atoms with Crippen LogP contribution in [-0.4, -0.2) is 29.6 Å². The van der Waals surface area contributed by atoms with Gasteiger partial charge in [-0.3, -0.25) is 9.59 Å². The number of ketones is 1. The molecule has 0 radical (unpaired) electrons. The smallest absolute Gasteiger partial charge is 0.316 e. The van der Waals surface area contributed by atoms with Crippen molar-refractivity contribution < 1.29 is 19.4 Å². The van der Waals surface area contributed by atoms with Crippen LogP contribution < -0.4 is 0 Å². The van der Waals surface area contributed by atoms with Crippen molar-refractivity contribution in [3.05, 3.63) is 11.6 Å². The van der Waals surface area contributed by atoms with Crippen LogP contribution in [0.25, 0.3) is 0 Å². The molecule has 0 bridgehead atoms. The maximum atomic E-state index is 12.8. The minimum absolute atomic E-state index is 0.0259. The zero-order valence-electron chi connectivity index (χ0n) is 21.7. The fourth-order valence-corrected chi connectivity index (χ4v) is 8.63. The molecule has 0 heterocycles. The highest BCUT2D eigenvalue weighted by molar-refractivity contribution is 5.99. The van der Waals surface area contributed by atoms with Crippen LogP contribution in [0.2, 0.25) is 0 Å². The number of rotatable bonds is 6. The van der Waals surface area contributed by atoms with Crippen molar-refractivity contribution in [3.63, 3.8) is 0 Å². The summed E-state index contributed by atoms with van der Waals surface area (Å²) in [5.74, 6) is 2.86. The fourth-order valence-electron chi connectivity index (χ4n) is 8.63. The summed E-state index contributed by atoms with van der Waals surface area (Å²) in [6, 6.07) is 0. The van der Waals surface area contributed by atoms with Gasteiger partial charge in [0.15, 0.2) is 0 Å². The summed E-state index contributed by atoms with van der Waals surface area (Å²) >= 11 is 0. The van der Waals surface area contributed by atoms with Gasteiger partial charge in [0.05, 0.1) is 12.7 Å². The van der Waals surface area contributed by atoms with Crippen molar-refractivity contribution in [2.75, 3.05) is 7.11 Å². The molecule has 0 aromatic rings. The van der Waals surface area contributed by atoms with Gasteiger partial charge in [-0.1, -0.05) is 39.3 Å². The van der Waals surface area contributed by atoms with Gasteiger partial charge in [-0.05, 0) is 106 Å². The Bertz CT molecular complexity index is 795. The maximum absolute atomic E-state index is 12.8. The Hall–Kier alpha value is -1.16. The summed E-state index contributed by atoms with van der Waals surface area (Å²) in [6.07, 6.45) is 12.3. The first-order chi connectivity index (χ1) is 15.5. The molecule has 1 N–H and O–H groups in total. The standard InChI is InChI=1S/C29H46O4/c1-17(2)26(30)24(27(31)33-6)15-18(3)20-9-10-22-21(20)11-12-25-23(22)8-7-19-16-28(4,32)13-14-29(19,25)5/h7,17-18,20-25,32H,8-16H2,1-6H3/t18-,20-,21-,22-,23+,24?,25+,28+,29+/m1/s1. The van der Waals surface area contributed by atoms with E-state index in [1.165, 1.54) is 44.8 Å². The van der Waals surface area contributed by atoms with E-state index >= 15 is 0 Å². The molecule has 1 unspecified atom stereocenters. The van der Waals surface area contributed by atoms with Crippen molar-refractivity contribution in [2.24, 2.45) is 52.8 Å². The van der Waals surface area contributed by atoms with Gasteiger partial charge in [-0.25, -0.2) is 0 Å². The van der Waals surface area contributed by atoms with Crippen molar-refractivity contribution in [1.82, 2.24) is 0 Å². The van der Waals surface area contributed by atoms with Crippen molar-refractivity contribution in [1.29, 1.82) is 0 Å². The number of fused-ring (bicyclic) bond motifs is 5. The Morgan fingerprint density at radius 3 is 2.42 bits per heavy atom. The molecule has 9 atom stereocenters. The van der Waals surface area contributed by atoms with E-state index in [1.807, 2.05) is 20.8 Å². The molecule has 0 saturated heterocycles. The van der Waals surface area contributed by atoms with Crippen LogP contribution in [0.3, 0.4) is 0 Å². The van der Waals surface area contributed by atoms with E-state index in [2.05, 4.69) is 19.9 Å². The summed E-state index contributed by atoms with van der Waals surface area (Å²) in [4.78, 5) is 25.2. The molecule has 0 aliphatic heterocycles. The van der Waals surface area contributed by atoms with Crippen molar-refractivity contribution in [3.8, 4) is 0 Å². The second-order valence-corrected chi connectivity index (χ2v) is 12.8. The number of allylic oxidation sites excluding steroid dienone is 1. The van der Waals surface area contributed by atoms with Crippen LogP contribution in [0, 0.1) is 52.8 Å². The molecule has 3 fully saturated rings. The molecule has 0 amide bonds. The third-order valence-corrected chi connectivity index (χ3v) is 10.5. The van der Waals surface area contributed by atoms with Gasteiger partial charge in [-0.2, -0.15) is 0 Å². The van der Waals surface area contributed by atoms with Gasteiger partial charge in [0.2, 0.25) is 0 Å². The fraction of sp³-hybridized carbons (Fsp3) is 0.862. The Morgan fingerprint density at radius 1 is 1.06 bits per heavy atom. The second kappa shape index (κ2) is 9.13. The van der Waals surface area contributed by atoms with Gasteiger partial charge >= 0.3 is 5.97 Å². The lowest BCUT2D eigenvalue weighted by atomic mass is 9.49. The number of carbonyl (C=O) groups is 2. The SMILES string of the molecule is COC(=O)C(C[C@@H](C)[C@H]1CC[C@@H]2[C@@H]1CC[C@H]1[C@H]2CC=C2C[C@@](C)(O)CC[C@@]21C)C(=O)C(C)C. The molecule has 0 aromatic heterocycles. The van der Waals surface area contributed by atoms with Crippen LogP contribution >= 0.6 is 0 Å². The Kier molecular flexibility index (Phi) is 6.90. The quantitative estimate of drug-likeness (QED) is 0.303. The number of ether oxygens (including phenoxy) is 1. The molecular formula is C29H46O4. The molecule has 4 aliphatic carbocycles. The van der Waals surface area contributed by atoms with Crippen LogP contribution in [0.5, 0.6) is 0 Å². The van der Waals surface area contributed by atoms with Gasteiger partial charge in [0.1, 0.15) is 11.7 Å². The lowest BCUT2D eigenvalue weighted by Gasteiger charge is -2.56. The Balaban J connectivity index is 1.48. The largest absolute Gasteiger partial charge is 0.468 e. The van der Waals surface area contributed by atoms with Gasteiger partial charge < -0.3 is 9.84 Å². The maximum Gasteiger partial charge on any atom is 0.316 e.